The highest BCUT2D eigenvalue weighted by Crippen LogP contribution is 2.29. The van der Waals surface area contributed by atoms with Gasteiger partial charge in [-0.25, -0.2) is 0 Å². The third-order valence-corrected chi connectivity index (χ3v) is 4.20. The van der Waals surface area contributed by atoms with Crippen molar-refractivity contribution in [1.82, 2.24) is 0 Å². The molecule has 3 aromatic carbocycles. The maximum atomic E-state index is 10.2. The van der Waals surface area contributed by atoms with Crippen LogP contribution in [0.2, 0.25) is 0 Å². The Morgan fingerprint density at radius 2 is 1.54 bits per heavy atom. The summed E-state index contributed by atoms with van der Waals surface area (Å²) in [7, 11) is 0. The van der Waals surface area contributed by atoms with Crippen molar-refractivity contribution in [2.45, 2.75) is 18.9 Å². The molecule has 4 heteroatoms. The van der Waals surface area contributed by atoms with Crippen LogP contribution >= 0.6 is 0 Å². The molecule has 0 amide bonds. The highest BCUT2D eigenvalue weighted by Gasteiger charge is 2.12. The molecule has 0 aliphatic heterocycles. The number of hydrogen-bond acceptors (Lipinski definition) is 4. The lowest BCUT2D eigenvalue weighted by atomic mass is 10.00. The molecule has 3 aromatic rings. The summed E-state index contributed by atoms with van der Waals surface area (Å²) < 4.78 is 11.4. The minimum absolute atomic E-state index is 0.135. The summed E-state index contributed by atoms with van der Waals surface area (Å²) in [5, 5.41) is 21.6. The first-order valence-corrected chi connectivity index (χ1v) is 8.88. The normalized spacial score (nSPS) is 12.1. The Labute approximate surface area is 153 Å². The van der Waals surface area contributed by atoms with E-state index in [1.165, 1.54) is 0 Å². The van der Waals surface area contributed by atoms with Crippen molar-refractivity contribution in [3.05, 3.63) is 72.3 Å². The maximum absolute atomic E-state index is 10.2. The van der Waals surface area contributed by atoms with Crippen LogP contribution in [-0.2, 0) is 6.42 Å². The van der Waals surface area contributed by atoms with Gasteiger partial charge in [0.15, 0.2) is 0 Å². The van der Waals surface area contributed by atoms with Crippen LogP contribution in [0.1, 0.15) is 12.0 Å². The van der Waals surface area contributed by atoms with Crippen LogP contribution < -0.4 is 9.47 Å². The number of aryl methyl sites for hydroxylation is 1. The number of hydrogen-bond donors (Lipinski definition) is 2. The van der Waals surface area contributed by atoms with Crippen LogP contribution in [0.5, 0.6) is 11.5 Å². The number of aliphatic hydroxyl groups is 2. The van der Waals surface area contributed by atoms with E-state index < -0.39 is 6.10 Å². The van der Waals surface area contributed by atoms with Crippen LogP contribution in [-0.4, -0.2) is 36.1 Å². The predicted molar refractivity (Wildman–Crippen MR) is 103 cm³/mol. The third-order valence-electron chi connectivity index (χ3n) is 4.20. The Hall–Kier alpha value is -2.56. The first-order chi connectivity index (χ1) is 12.8. The van der Waals surface area contributed by atoms with Crippen LogP contribution in [0.15, 0.2) is 66.7 Å². The molecule has 0 radical (unpaired) electrons. The molecule has 0 saturated heterocycles. The van der Waals surface area contributed by atoms with Crippen molar-refractivity contribution in [1.29, 1.82) is 0 Å². The molecule has 0 fully saturated rings. The van der Waals surface area contributed by atoms with E-state index in [1.807, 2.05) is 54.6 Å². The van der Waals surface area contributed by atoms with Crippen LogP contribution in [0.4, 0.5) is 0 Å². The zero-order valence-corrected chi connectivity index (χ0v) is 14.7. The molecule has 1 atom stereocenters. The topological polar surface area (TPSA) is 58.9 Å². The fourth-order valence-electron chi connectivity index (χ4n) is 2.91. The average molecular weight is 352 g/mol. The van der Waals surface area contributed by atoms with Gasteiger partial charge in [-0.05, 0) is 41.8 Å². The molecule has 0 aliphatic rings. The Bertz CT molecular complexity index is 817. The Balaban J connectivity index is 1.65. The van der Waals surface area contributed by atoms with Crippen molar-refractivity contribution < 1.29 is 19.7 Å². The van der Waals surface area contributed by atoms with Gasteiger partial charge in [-0.2, -0.15) is 0 Å². The summed E-state index contributed by atoms with van der Waals surface area (Å²) >= 11 is 0. The molecular weight excluding hydrogens is 328 g/mol. The second-order valence-electron chi connectivity index (χ2n) is 6.18. The minimum Gasteiger partial charge on any atom is -0.491 e. The number of ether oxygens (including phenoxy) is 2. The van der Waals surface area contributed by atoms with Crippen LogP contribution in [0.3, 0.4) is 0 Å². The smallest absolute Gasteiger partial charge is 0.123 e. The van der Waals surface area contributed by atoms with E-state index in [0.29, 0.717) is 6.42 Å². The highest BCUT2D eigenvalue weighted by atomic mass is 16.5. The number of aliphatic hydroxyl groups excluding tert-OH is 2. The van der Waals surface area contributed by atoms with E-state index in [0.717, 1.165) is 34.3 Å². The standard InChI is InChI=1S/C22H24O4/c23-14-6-11-21-20-10-5-4-7-17(20)12-13-22(21)26-16-18(24)15-25-19-8-2-1-3-9-19/h1-5,7-10,12-13,18,23-24H,6,11,14-16H2. The molecule has 2 N–H and O–H groups in total. The number of fused-ring (bicyclic) bond motifs is 1. The van der Waals surface area contributed by atoms with Gasteiger partial charge >= 0.3 is 0 Å². The van der Waals surface area contributed by atoms with E-state index in [2.05, 4.69) is 12.1 Å². The summed E-state index contributed by atoms with van der Waals surface area (Å²) in [5.41, 5.74) is 1.06. The first kappa shape index (κ1) is 18.2. The van der Waals surface area contributed by atoms with Gasteiger partial charge < -0.3 is 19.7 Å². The van der Waals surface area contributed by atoms with Gasteiger partial charge in [-0.15, -0.1) is 0 Å². The minimum atomic E-state index is -0.729. The number of para-hydroxylation sites is 1. The molecule has 26 heavy (non-hydrogen) atoms. The zero-order valence-electron chi connectivity index (χ0n) is 14.7. The Morgan fingerprint density at radius 1 is 0.808 bits per heavy atom. The molecule has 1 unspecified atom stereocenters. The largest absolute Gasteiger partial charge is 0.491 e. The molecule has 3 rings (SSSR count). The van der Waals surface area contributed by atoms with Crippen molar-refractivity contribution in [2.75, 3.05) is 19.8 Å². The van der Waals surface area contributed by atoms with E-state index in [4.69, 9.17) is 9.47 Å². The van der Waals surface area contributed by atoms with Gasteiger partial charge in [0.05, 0.1) is 0 Å². The molecule has 136 valence electrons. The lowest BCUT2D eigenvalue weighted by Crippen LogP contribution is -2.25. The monoisotopic (exact) mass is 352 g/mol. The van der Waals surface area contributed by atoms with Gasteiger partial charge in [0.2, 0.25) is 0 Å². The average Bonchev–Trinajstić information content (AvgIpc) is 2.70. The second kappa shape index (κ2) is 9.22. The summed E-state index contributed by atoms with van der Waals surface area (Å²) in [5.74, 6) is 1.47. The van der Waals surface area contributed by atoms with Crippen LogP contribution in [0.25, 0.3) is 10.8 Å². The Kier molecular flexibility index (Phi) is 6.47. The molecule has 0 bridgehead atoms. The van der Waals surface area contributed by atoms with Gasteiger partial charge in [0.1, 0.15) is 30.8 Å². The van der Waals surface area contributed by atoms with E-state index in [1.54, 1.807) is 0 Å². The SMILES string of the molecule is OCCCc1c(OCC(O)COc2ccccc2)ccc2ccccc12. The lowest BCUT2D eigenvalue weighted by Gasteiger charge is -2.17. The van der Waals surface area contributed by atoms with Gasteiger partial charge in [-0.3, -0.25) is 0 Å². The van der Waals surface area contributed by atoms with Crippen LogP contribution in [0, 0.1) is 0 Å². The molecule has 0 spiro atoms. The van der Waals surface area contributed by atoms with Crippen molar-refractivity contribution in [2.24, 2.45) is 0 Å². The number of rotatable bonds is 9. The predicted octanol–water partition coefficient (Wildman–Crippen LogP) is 3.58. The van der Waals surface area contributed by atoms with Gasteiger partial charge in [0, 0.05) is 12.2 Å². The zero-order chi connectivity index (χ0) is 18.2. The summed E-state index contributed by atoms with van der Waals surface area (Å²) in [6.07, 6.45) is 0.667. The molecule has 0 aromatic heterocycles. The summed E-state index contributed by atoms with van der Waals surface area (Å²) in [6.45, 7) is 0.455. The molecule has 0 heterocycles. The summed E-state index contributed by atoms with van der Waals surface area (Å²) in [6, 6.07) is 21.5. The fraction of sp³-hybridized carbons (Fsp3) is 0.273. The van der Waals surface area contributed by atoms with E-state index >= 15 is 0 Å². The van der Waals surface area contributed by atoms with Gasteiger partial charge in [-0.1, -0.05) is 48.5 Å². The lowest BCUT2D eigenvalue weighted by molar-refractivity contribution is 0.0623. The van der Waals surface area contributed by atoms with E-state index in [-0.39, 0.29) is 19.8 Å². The number of benzene rings is 3. The highest BCUT2D eigenvalue weighted by molar-refractivity contribution is 5.87. The van der Waals surface area contributed by atoms with Crippen molar-refractivity contribution in [3.8, 4) is 11.5 Å². The fourth-order valence-corrected chi connectivity index (χ4v) is 2.91. The maximum Gasteiger partial charge on any atom is 0.123 e. The quantitative estimate of drug-likeness (QED) is 0.618. The van der Waals surface area contributed by atoms with E-state index in [9.17, 15) is 10.2 Å². The van der Waals surface area contributed by atoms with Gasteiger partial charge in [0.25, 0.3) is 0 Å². The first-order valence-electron chi connectivity index (χ1n) is 8.88. The third kappa shape index (κ3) is 4.75. The van der Waals surface area contributed by atoms with Crippen molar-refractivity contribution in [3.63, 3.8) is 0 Å². The molecular formula is C22H24O4. The summed E-state index contributed by atoms with van der Waals surface area (Å²) in [4.78, 5) is 0. The molecule has 0 aliphatic carbocycles. The van der Waals surface area contributed by atoms with Crippen molar-refractivity contribution >= 4 is 10.8 Å². The second-order valence-corrected chi connectivity index (χ2v) is 6.18. The Morgan fingerprint density at radius 3 is 2.35 bits per heavy atom. The molecule has 4 nitrogen and oxygen atoms in total. The molecule has 0 saturated carbocycles.